The molecule has 1 aliphatic heterocycles. The predicted octanol–water partition coefficient (Wildman–Crippen LogP) is 2.62. The summed E-state index contributed by atoms with van der Waals surface area (Å²) in [4.78, 5) is 45.2. The van der Waals surface area contributed by atoms with E-state index in [1.165, 1.54) is 18.4 Å². The number of amides is 4. The number of thiazole rings is 1. The lowest BCUT2D eigenvalue weighted by atomic mass is 9.97. The number of fused-ring (bicyclic) bond motifs is 1. The van der Waals surface area contributed by atoms with Gasteiger partial charge < -0.3 is 9.73 Å². The van der Waals surface area contributed by atoms with Crippen LogP contribution in [0.3, 0.4) is 0 Å². The van der Waals surface area contributed by atoms with Crippen molar-refractivity contribution >= 4 is 62.0 Å². The van der Waals surface area contributed by atoms with E-state index in [9.17, 15) is 14.4 Å². The minimum atomic E-state index is -0.631. The van der Waals surface area contributed by atoms with Gasteiger partial charge in [0.15, 0.2) is 5.13 Å². The van der Waals surface area contributed by atoms with Crippen molar-refractivity contribution in [2.45, 2.75) is 18.6 Å². The van der Waals surface area contributed by atoms with E-state index in [1.54, 1.807) is 6.92 Å². The molecule has 30 heavy (non-hydrogen) atoms. The van der Waals surface area contributed by atoms with Crippen molar-refractivity contribution in [2.24, 2.45) is 10.9 Å². The first-order valence-electron chi connectivity index (χ1n) is 8.88. The number of aromatic nitrogens is 3. The highest BCUT2D eigenvalue weighted by Crippen LogP contribution is 2.26. The first kappa shape index (κ1) is 20.2. The number of hydrogen-bond acceptors (Lipinski definition) is 9. The van der Waals surface area contributed by atoms with Crippen LogP contribution in [-0.2, 0) is 16.0 Å². The zero-order chi connectivity index (χ0) is 21.3. The van der Waals surface area contributed by atoms with E-state index in [4.69, 9.17) is 4.42 Å². The fourth-order valence-electron chi connectivity index (χ4n) is 2.81. The van der Waals surface area contributed by atoms with Crippen molar-refractivity contribution in [3.63, 3.8) is 0 Å². The largest absolute Gasteiger partial charge is 0.416 e. The molecule has 0 saturated carbocycles. The summed E-state index contributed by atoms with van der Waals surface area (Å²) in [6.07, 6.45) is 0.136. The Balaban J connectivity index is 1.33. The number of carbonyl (C=O) groups excluding carboxylic acids is 3. The number of carbonyl (C=O) groups is 3. The standard InChI is InChI=1S/C18H16N6O4S2/c1-9-10(15(26)24(2)17(27)19-9)7-14-22-23-18(28-14)29-8-13(25)21-16-20-11-5-3-4-6-12(11)30-16/h3-6,10H,7-8H2,1-2H3,(H,20,21,25). The van der Waals surface area contributed by atoms with Crippen molar-refractivity contribution in [3.05, 3.63) is 30.2 Å². The number of anilines is 1. The molecule has 3 heterocycles. The van der Waals surface area contributed by atoms with Gasteiger partial charge in [0.1, 0.15) is 0 Å². The quantitative estimate of drug-likeness (QED) is 0.574. The molecule has 1 aromatic carbocycles. The molecule has 0 aliphatic carbocycles. The second kappa shape index (κ2) is 8.32. The third kappa shape index (κ3) is 4.24. The Morgan fingerprint density at radius 3 is 2.90 bits per heavy atom. The Hall–Kier alpha value is -3.12. The molecule has 0 bridgehead atoms. The normalized spacial score (nSPS) is 16.8. The predicted molar refractivity (Wildman–Crippen MR) is 112 cm³/mol. The van der Waals surface area contributed by atoms with Crippen LogP contribution < -0.4 is 5.32 Å². The third-order valence-electron chi connectivity index (χ3n) is 4.39. The highest BCUT2D eigenvalue weighted by Gasteiger charge is 2.34. The molecule has 4 amide bonds. The Kier molecular flexibility index (Phi) is 5.59. The zero-order valence-electron chi connectivity index (χ0n) is 16.0. The molecule has 4 rings (SSSR count). The number of nitrogens with one attached hydrogen (secondary N) is 1. The lowest BCUT2D eigenvalue weighted by molar-refractivity contribution is -0.129. The van der Waals surface area contributed by atoms with E-state index in [-0.39, 0.29) is 35.1 Å². The molecule has 0 saturated heterocycles. The topological polar surface area (TPSA) is 131 Å². The second-order valence-electron chi connectivity index (χ2n) is 6.48. The van der Waals surface area contributed by atoms with Crippen LogP contribution in [0.25, 0.3) is 10.2 Å². The number of nitrogens with zero attached hydrogens (tertiary/aromatic N) is 5. The van der Waals surface area contributed by atoms with Crippen LogP contribution in [0.4, 0.5) is 9.93 Å². The number of benzene rings is 1. The third-order valence-corrected chi connectivity index (χ3v) is 6.16. The number of hydrogen-bond donors (Lipinski definition) is 1. The van der Waals surface area contributed by atoms with Crippen LogP contribution in [0, 0.1) is 5.92 Å². The maximum Gasteiger partial charge on any atom is 0.349 e. The van der Waals surface area contributed by atoms with Gasteiger partial charge in [0, 0.05) is 19.2 Å². The average Bonchev–Trinajstić information content (AvgIpc) is 3.34. The number of rotatable bonds is 6. The Labute approximate surface area is 178 Å². The van der Waals surface area contributed by atoms with Gasteiger partial charge in [0.05, 0.1) is 21.9 Å². The number of urea groups is 1. The van der Waals surface area contributed by atoms with E-state index < -0.39 is 11.9 Å². The van der Waals surface area contributed by atoms with Crippen LogP contribution >= 0.6 is 23.1 Å². The van der Waals surface area contributed by atoms with Gasteiger partial charge in [-0.05, 0) is 19.1 Å². The first-order chi connectivity index (χ1) is 14.4. The van der Waals surface area contributed by atoms with Gasteiger partial charge >= 0.3 is 6.03 Å². The maximum atomic E-state index is 12.3. The van der Waals surface area contributed by atoms with E-state index in [2.05, 4.69) is 25.5 Å². The van der Waals surface area contributed by atoms with Crippen LogP contribution in [0.5, 0.6) is 0 Å². The molecule has 0 fully saturated rings. The number of thioether (sulfide) groups is 1. The first-order valence-corrected chi connectivity index (χ1v) is 10.7. The van der Waals surface area contributed by atoms with Crippen LogP contribution in [0.2, 0.25) is 0 Å². The van der Waals surface area contributed by atoms with E-state index in [0.717, 1.165) is 26.9 Å². The maximum absolute atomic E-state index is 12.3. The summed E-state index contributed by atoms with van der Waals surface area (Å²) in [5, 5.41) is 11.3. The molecule has 12 heteroatoms. The molecule has 1 unspecified atom stereocenters. The van der Waals surface area contributed by atoms with Crippen LogP contribution in [0.1, 0.15) is 12.8 Å². The molecule has 0 spiro atoms. The molecule has 1 atom stereocenters. The monoisotopic (exact) mass is 444 g/mol. The van der Waals surface area contributed by atoms with E-state index in [1.807, 2.05) is 24.3 Å². The zero-order valence-corrected chi connectivity index (χ0v) is 17.6. The molecule has 10 nitrogen and oxygen atoms in total. The van der Waals surface area contributed by atoms with Gasteiger partial charge in [-0.15, -0.1) is 10.2 Å². The van der Waals surface area contributed by atoms with Crippen molar-refractivity contribution in [2.75, 3.05) is 18.1 Å². The molecular weight excluding hydrogens is 428 g/mol. The Bertz CT molecular complexity index is 1140. The molecule has 3 aromatic rings. The molecular formula is C18H16N6O4S2. The van der Waals surface area contributed by atoms with Crippen molar-refractivity contribution < 1.29 is 18.8 Å². The fourth-order valence-corrected chi connectivity index (χ4v) is 4.27. The minimum absolute atomic E-state index is 0.0671. The summed E-state index contributed by atoms with van der Waals surface area (Å²) >= 11 is 2.48. The van der Waals surface area contributed by atoms with Gasteiger partial charge in [-0.2, -0.15) is 0 Å². The van der Waals surface area contributed by atoms with Gasteiger partial charge in [0.2, 0.25) is 17.7 Å². The highest BCUT2D eigenvalue weighted by atomic mass is 32.2. The summed E-state index contributed by atoms with van der Waals surface area (Å²) in [7, 11) is 1.38. The summed E-state index contributed by atoms with van der Waals surface area (Å²) in [6, 6.07) is 7.04. The summed E-state index contributed by atoms with van der Waals surface area (Å²) in [6.45, 7) is 1.62. The van der Waals surface area contributed by atoms with Crippen LogP contribution in [0.15, 0.2) is 38.9 Å². The molecule has 154 valence electrons. The smallest absolute Gasteiger partial charge is 0.349 e. The Morgan fingerprint density at radius 2 is 2.10 bits per heavy atom. The molecule has 1 aliphatic rings. The van der Waals surface area contributed by atoms with Crippen molar-refractivity contribution in [3.8, 4) is 0 Å². The lowest BCUT2D eigenvalue weighted by Crippen LogP contribution is -2.44. The van der Waals surface area contributed by atoms with Crippen molar-refractivity contribution in [1.29, 1.82) is 0 Å². The van der Waals surface area contributed by atoms with Gasteiger partial charge in [-0.25, -0.2) is 14.8 Å². The number of imide groups is 1. The fraction of sp³-hybridized carbons (Fsp3) is 0.278. The van der Waals surface area contributed by atoms with E-state index in [0.29, 0.717) is 10.8 Å². The highest BCUT2D eigenvalue weighted by molar-refractivity contribution is 7.99. The number of aliphatic imine (C=N–C) groups is 1. The van der Waals surface area contributed by atoms with Gasteiger partial charge in [-0.1, -0.05) is 35.2 Å². The lowest BCUT2D eigenvalue weighted by Gasteiger charge is -2.24. The summed E-state index contributed by atoms with van der Waals surface area (Å²) in [5.41, 5.74) is 1.24. The minimum Gasteiger partial charge on any atom is -0.416 e. The van der Waals surface area contributed by atoms with Gasteiger partial charge in [-0.3, -0.25) is 14.5 Å². The SMILES string of the molecule is CC1=NC(=O)N(C)C(=O)C1Cc1nnc(SCC(=O)Nc2nc3ccccc3s2)o1. The molecule has 2 aromatic heterocycles. The summed E-state index contributed by atoms with van der Waals surface area (Å²) in [5.74, 6) is -0.940. The number of para-hydroxylation sites is 1. The van der Waals surface area contributed by atoms with Gasteiger partial charge in [0.25, 0.3) is 5.22 Å². The Morgan fingerprint density at radius 1 is 1.30 bits per heavy atom. The molecule has 0 radical (unpaired) electrons. The van der Waals surface area contributed by atoms with Crippen LogP contribution in [-0.4, -0.2) is 56.4 Å². The summed E-state index contributed by atoms with van der Waals surface area (Å²) < 4.78 is 6.52. The van der Waals surface area contributed by atoms with E-state index >= 15 is 0 Å². The van der Waals surface area contributed by atoms with Crippen molar-refractivity contribution in [1.82, 2.24) is 20.1 Å². The molecule has 1 N–H and O–H groups in total. The second-order valence-corrected chi connectivity index (χ2v) is 8.43. The average molecular weight is 444 g/mol.